The third-order valence-electron chi connectivity index (χ3n) is 4.42. The Morgan fingerprint density at radius 3 is 2.68 bits per heavy atom. The Morgan fingerprint density at radius 2 is 1.86 bits per heavy atom. The first-order valence-corrected chi connectivity index (χ1v) is 9.13. The van der Waals surface area contributed by atoms with Gasteiger partial charge in [0.15, 0.2) is 0 Å². The first-order chi connectivity index (χ1) is 13.8. The lowest BCUT2D eigenvalue weighted by atomic mass is 10.1. The van der Waals surface area contributed by atoms with E-state index in [1.807, 2.05) is 48.7 Å². The Bertz CT molecular complexity index is 1050. The Kier molecular flexibility index (Phi) is 5.29. The van der Waals surface area contributed by atoms with E-state index in [2.05, 4.69) is 32.4 Å². The number of nitrogens with zero attached hydrogens (tertiary/aromatic N) is 3. The third-order valence-corrected chi connectivity index (χ3v) is 4.42. The Hall–Kier alpha value is -3.67. The lowest BCUT2D eigenvalue weighted by molar-refractivity contribution is 0.305. The van der Waals surface area contributed by atoms with E-state index in [-0.39, 0.29) is 0 Å². The van der Waals surface area contributed by atoms with E-state index in [0.29, 0.717) is 12.3 Å². The van der Waals surface area contributed by atoms with Crippen molar-refractivity contribution in [1.82, 2.24) is 15.0 Å². The largest absolute Gasteiger partial charge is 0.489 e. The van der Waals surface area contributed by atoms with E-state index in [1.54, 1.807) is 12.5 Å². The normalized spacial score (nSPS) is 10.7. The van der Waals surface area contributed by atoms with Gasteiger partial charge in [-0.25, -0.2) is 9.97 Å². The second-order valence-electron chi connectivity index (χ2n) is 6.47. The fraction of sp³-hybridized carbons (Fsp3) is 0.136. The fourth-order valence-corrected chi connectivity index (χ4v) is 2.94. The van der Waals surface area contributed by atoms with Crippen LogP contribution in [-0.2, 0) is 13.0 Å². The van der Waals surface area contributed by atoms with E-state index >= 15 is 0 Å². The van der Waals surface area contributed by atoms with Gasteiger partial charge in [-0.1, -0.05) is 18.2 Å². The zero-order valence-electron chi connectivity index (χ0n) is 15.4. The van der Waals surface area contributed by atoms with Gasteiger partial charge in [0.1, 0.15) is 24.5 Å². The molecule has 0 saturated heterocycles. The number of nitrogens with one attached hydrogen (secondary N) is 1. The quantitative estimate of drug-likeness (QED) is 0.480. The van der Waals surface area contributed by atoms with Crippen LogP contribution in [-0.4, -0.2) is 21.5 Å². The minimum Gasteiger partial charge on any atom is -0.489 e. The Balaban J connectivity index is 1.32. The van der Waals surface area contributed by atoms with E-state index in [9.17, 15) is 0 Å². The number of nitrogens with two attached hydrogens (primary N) is 1. The number of hydrogen-bond acceptors (Lipinski definition) is 6. The van der Waals surface area contributed by atoms with E-state index < -0.39 is 0 Å². The van der Waals surface area contributed by atoms with Crippen LogP contribution in [0, 0.1) is 0 Å². The summed E-state index contributed by atoms with van der Waals surface area (Å²) >= 11 is 0. The first-order valence-electron chi connectivity index (χ1n) is 9.13. The van der Waals surface area contributed by atoms with Gasteiger partial charge in [-0.2, -0.15) is 0 Å². The molecule has 0 aliphatic heterocycles. The number of rotatable bonds is 7. The van der Waals surface area contributed by atoms with E-state index in [1.165, 1.54) is 5.56 Å². The van der Waals surface area contributed by atoms with Gasteiger partial charge < -0.3 is 15.8 Å². The summed E-state index contributed by atoms with van der Waals surface area (Å²) in [6.45, 7) is 1.27. The third kappa shape index (κ3) is 4.35. The molecule has 0 aliphatic carbocycles. The lowest BCUT2D eigenvalue weighted by Gasteiger charge is -2.10. The highest BCUT2D eigenvalue weighted by molar-refractivity contribution is 5.91. The highest BCUT2D eigenvalue weighted by Gasteiger charge is 2.04. The molecule has 6 nitrogen and oxygen atoms in total. The van der Waals surface area contributed by atoms with Crippen molar-refractivity contribution in [3.05, 3.63) is 84.4 Å². The zero-order valence-corrected chi connectivity index (χ0v) is 15.4. The van der Waals surface area contributed by atoms with Crippen molar-refractivity contribution in [2.75, 3.05) is 17.6 Å². The number of hydrogen-bond donors (Lipinski definition) is 2. The van der Waals surface area contributed by atoms with Crippen molar-refractivity contribution in [2.45, 2.75) is 13.0 Å². The standard InChI is InChI=1S/C22H21N5O/c23-18-5-8-21-20(12-18)22(27-15-26-21)25-11-9-16-3-6-19(7-4-16)28-14-17-2-1-10-24-13-17/h1-8,10,12-13,15H,9,11,14,23H2,(H,25,26,27). The molecular formula is C22H21N5O. The molecular weight excluding hydrogens is 350 g/mol. The van der Waals surface area contributed by atoms with Crippen LogP contribution in [0.1, 0.15) is 11.1 Å². The van der Waals surface area contributed by atoms with Gasteiger partial charge in [-0.3, -0.25) is 4.98 Å². The first kappa shape index (κ1) is 17.7. The predicted molar refractivity (Wildman–Crippen MR) is 111 cm³/mol. The molecule has 0 radical (unpaired) electrons. The summed E-state index contributed by atoms with van der Waals surface area (Å²) < 4.78 is 5.80. The molecule has 0 saturated carbocycles. The summed E-state index contributed by atoms with van der Waals surface area (Å²) in [5.74, 6) is 1.64. The maximum absolute atomic E-state index is 5.89. The molecule has 0 aliphatic rings. The fourth-order valence-electron chi connectivity index (χ4n) is 2.94. The average Bonchev–Trinajstić information content (AvgIpc) is 2.74. The monoisotopic (exact) mass is 371 g/mol. The van der Waals surface area contributed by atoms with E-state index in [4.69, 9.17) is 10.5 Å². The minimum absolute atomic E-state index is 0.513. The number of pyridine rings is 1. The van der Waals surface area contributed by atoms with Crippen molar-refractivity contribution < 1.29 is 4.74 Å². The molecule has 2 aromatic carbocycles. The summed E-state index contributed by atoms with van der Waals surface area (Å²) in [4.78, 5) is 12.7. The second kappa shape index (κ2) is 8.35. The molecule has 0 fully saturated rings. The predicted octanol–water partition coefficient (Wildman–Crippen LogP) is 3.84. The summed E-state index contributed by atoms with van der Waals surface area (Å²) in [7, 11) is 0. The molecule has 0 unspecified atom stereocenters. The van der Waals surface area contributed by atoms with Gasteiger partial charge >= 0.3 is 0 Å². The van der Waals surface area contributed by atoms with Crippen molar-refractivity contribution in [1.29, 1.82) is 0 Å². The Labute approximate surface area is 163 Å². The van der Waals surface area contributed by atoms with Gasteiger partial charge in [0.05, 0.1) is 5.52 Å². The van der Waals surface area contributed by atoms with Gasteiger partial charge in [-0.15, -0.1) is 0 Å². The second-order valence-corrected chi connectivity index (χ2v) is 6.47. The van der Waals surface area contributed by atoms with Crippen LogP contribution in [0.15, 0.2) is 73.3 Å². The van der Waals surface area contributed by atoms with E-state index in [0.717, 1.165) is 41.0 Å². The molecule has 3 N–H and O–H groups in total. The van der Waals surface area contributed by atoms with Crippen LogP contribution in [0.2, 0.25) is 0 Å². The highest BCUT2D eigenvalue weighted by atomic mass is 16.5. The SMILES string of the molecule is Nc1ccc2ncnc(NCCc3ccc(OCc4cccnc4)cc3)c2c1. The molecule has 4 rings (SSSR count). The van der Waals surface area contributed by atoms with Crippen molar-refractivity contribution in [3.63, 3.8) is 0 Å². The molecule has 28 heavy (non-hydrogen) atoms. The van der Waals surface area contributed by atoms with Crippen molar-refractivity contribution in [3.8, 4) is 5.75 Å². The summed E-state index contributed by atoms with van der Waals surface area (Å²) in [5.41, 5.74) is 9.74. The smallest absolute Gasteiger partial charge is 0.137 e. The number of anilines is 2. The summed E-state index contributed by atoms with van der Waals surface area (Å²) in [6.07, 6.45) is 6.00. The van der Waals surface area contributed by atoms with Crippen LogP contribution in [0.5, 0.6) is 5.75 Å². The number of aromatic nitrogens is 3. The number of nitrogen functional groups attached to an aromatic ring is 1. The summed E-state index contributed by atoms with van der Waals surface area (Å²) in [6, 6.07) is 17.7. The maximum Gasteiger partial charge on any atom is 0.137 e. The number of benzene rings is 2. The van der Waals surface area contributed by atoms with Gasteiger partial charge in [0.25, 0.3) is 0 Å². The summed E-state index contributed by atoms with van der Waals surface area (Å²) in [5, 5.41) is 4.31. The molecule has 0 amide bonds. The maximum atomic E-state index is 5.89. The van der Waals surface area contributed by atoms with Crippen LogP contribution in [0.3, 0.4) is 0 Å². The molecule has 0 spiro atoms. The van der Waals surface area contributed by atoms with Gasteiger partial charge in [0, 0.05) is 35.6 Å². The molecule has 2 aromatic heterocycles. The Morgan fingerprint density at radius 1 is 0.964 bits per heavy atom. The van der Waals surface area contributed by atoms with Crippen LogP contribution in [0.25, 0.3) is 10.9 Å². The topological polar surface area (TPSA) is 86.0 Å². The number of ether oxygens (including phenoxy) is 1. The van der Waals surface area contributed by atoms with Crippen molar-refractivity contribution >= 4 is 22.4 Å². The molecule has 0 bridgehead atoms. The van der Waals surface area contributed by atoms with Crippen LogP contribution in [0.4, 0.5) is 11.5 Å². The molecule has 0 atom stereocenters. The number of fused-ring (bicyclic) bond motifs is 1. The minimum atomic E-state index is 0.513. The highest BCUT2D eigenvalue weighted by Crippen LogP contribution is 2.21. The van der Waals surface area contributed by atoms with Gasteiger partial charge in [-0.05, 0) is 48.4 Å². The molecule has 6 heteroatoms. The average molecular weight is 371 g/mol. The van der Waals surface area contributed by atoms with Crippen LogP contribution < -0.4 is 15.8 Å². The molecule has 140 valence electrons. The molecule has 2 heterocycles. The van der Waals surface area contributed by atoms with Crippen molar-refractivity contribution in [2.24, 2.45) is 0 Å². The molecule has 4 aromatic rings. The van der Waals surface area contributed by atoms with Crippen LogP contribution >= 0.6 is 0 Å². The zero-order chi connectivity index (χ0) is 19.2. The lowest BCUT2D eigenvalue weighted by Crippen LogP contribution is -2.07. The van der Waals surface area contributed by atoms with Gasteiger partial charge in [0.2, 0.25) is 0 Å².